The van der Waals surface area contributed by atoms with Gasteiger partial charge >= 0.3 is 0 Å². The van der Waals surface area contributed by atoms with Crippen LogP contribution < -0.4 is 15.0 Å². The maximum absolute atomic E-state index is 13.6. The van der Waals surface area contributed by atoms with Gasteiger partial charge in [0.2, 0.25) is 5.82 Å². The van der Waals surface area contributed by atoms with Crippen molar-refractivity contribution in [1.29, 1.82) is 0 Å². The van der Waals surface area contributed by atoms with Crippen LogP contribution in [0.4, 0.5) is 0 Å². The highest BCUT2D eigenvalue weighted by atomic mass is 79.9. The minimum atomic E-state index is -0.353. The zero-order chi connectivity index (χ0) is 29.4. The third kappa shape index (κ3) is 5.63. The van der Waals surface area contributed by atoms with Crippen molar-refractivity contribution in [3.63, 3.8) is 0 Å². The molecule has 0 unspecified atom stereocenters. The first-order chi connectivity index (χ1) is 20.3. The Bertz CT molecular complexity index is 2070. The highest BCUT2D eigenvalue weighted by Gasteiger charge is 2.17. The monoisotopic (exact) mass is 681 g/mol. The van der Waals surface area contributed by atoms with E-state index in [0.717, 1.165) is 10.9 Å². The zero-order valence-electron chi connectivity index (χ0n) is 21.8. The van der Waals surface area contributed by atoms with E-state index < -0.39 is 0 Å². The minimum absolute atomic E-state index is 0.205. The molecule has 2 aromatic heterocycles. The predicted molar refractivity (Wildman–Crippen MR) is 171 cm³/mol. The number of hydrogen-bond acceptors (Lipinski definition) is 6. The van der Waals surface area contributed by atoms with Gasteiger partial charge in [-0.15, -0.1) is 0 Å². The summed E-state index contributed by atoms with van der Waals surface area (Å²) in [6, 6.07) is 22.8. The number of benzene rings is 4. The number of aromatic nitrogens is 2. The standard InChI is InChI=1S/C31H19BrCl3N3O4/c1-40-27-12-19(23(32)14-28(27)41-16-17-6-7-21(34)13-24(17)35)15-36-38-30(37-25-5-3-2-4-22(25)31(38)39)29-11-18-10-20(33)8-9-26(18)42-29/h2-15H,16H2,1H3. The SMILES string of the molecule is COc1cc(C=Nn2c(-c3cc4cc(Cl)ccc4o3)nc3ccccc3c2=O)c(Br)cc1OCc1ccc(Cl)cc1Cl. The van der Waals surface area contributed by atoms with Gasteiger partial charge in [0.15, 0.2) is 17.3 Å². The van der Waals surface area contributed by atoms with Gasteiger partial charge in [-0.05, 0) is 76.6 Å². The molecule has 0 bridgehead atoms. The third-order valence-electron chi connectivity index (χ3n) is 6.45. The lowest BCUT2D eigenvalue weighted by atomic mass is 10.2. The lowest BCUT2D eigenvalue weighted by Crippen LogP contribution is -2.20. The van der Waals surface area contributed by atoms with Gasteiger partial charge in [-0.25, -0.2) is 4.98 Å². The van der Waals surface area contributed by atoms with Crippen LogP contribution in [-0.2, 0) is 6.61 Å². The normalized spacial score (nSPS) is 11.5. The van der Waals surface area contributed by atoms with Gasteiger partial charge in [-0.1, -0.05) is 53.0 Å². The summed E-state index contributed by atoms with van der Waals surface area (Å²) in [6.45, 7) is 0.205. The van der Waals surface area contributed by atoms with Crippen molar-refractivity contribution in [1.82, 2.24) is 9.66 Å². The fourth-order valence-electron chi connectivity index (χ4n) is 4.35. The average molecular weight is 684 g/mol. The molecule has 0 radical (unpaired) electrons. The molecule has 0 aliphatic heterocycles. The van der Waals surface area contributed by atoms with Crippen LogP contribution >= 0.6 is 50.7 Å². The van der Waals surface area contributed by atoms with Crippen LogP contribution in [-0.4, -0.2) is 23.0 Å². The Morgan fingerprint density at radius 3 is 2.57 bits per heavy atom. The summed E-state index contributed by atoms with van der Waals surface area (Å²) in [5, 5.41) is 7.35. The summed E-state index contributed by atoms with van der Waals surface area (Å²) in [6.07, 6.45) is 1.54. The molecule has 0 spiro atoms. The number of furan rings is 1. The molecule has 0 saturated heterocycles. The molecule has 0 N–H and O–H groups in total. The van der Waals surface area contributed by atoms with Crippen molar-refractivity contribution in [3.8, 4) is 23.1 Å². The number of ether oxygens (including phenoxy) is 2. The van der Waals surface area contributed by atoms with Gasteiger partial charge < -0.3 is 13.9 Å². The lowest BCUT2D eigenvalue weighted by Gasteiger charge is -2.13. The van der Waals surface area contributed by atoms with Gasteiger partial charge in [0.25, 0.3) is 5.56 Å². The van der Waals surface area contributed by atoms with E-state index in [1.165, 1.54) is 18.0 Å². The Morgan fingerprint density at radius 2 is 1.76 bits per heavy atom. The summed E-state index contributed by atoms with van der Waals surface area (Å²) in [7, 11) is 1.54. The van der Waals surface area contributed by atoms with Crippen LogP contribution in [0.3, 0.4) is 0 Å². The van der Waals surface area contributed by atoms with E-state index >= 15 is 0 Å². The molecule has 6 aromatic rings. The molecule has 0 aliphatic rings. The molecule has 0 saturated carbocycles. The summed E-state index contributed by atoms with van der Waals surface area (Å²) < 4.78 is 19.5. The van der Waals surface area contributed by atoms with Gasteiger partial charge in [0, 0.05) is 36.1 Å². The van der Waals surface area contributed by atoms with Gasteiger partial charge in [0.1, 0.15) is 12.2 Å². The fourth-order valence-corrected chi connectivity index (χ4v) is 5.42. The van der Waals surface area contributed by atoms with Crippen molar-refractivity contribution in [2.45, 2.75) is 6.61 Å². The second kappa shape index (κ2) is 11.8. The number of rotatable bonds is 7. The number of hydrogen-bond donors (Lipinski definition) is 0. The second-order valence-electron chi connectivity index (χ2n) is 9.16. The molecule has 0 amide bonds. The maximum Gasteiger partial charge on any atom is 0.282 e. The summed E-state index contributed by atoms with van der Waals surface area (Å²) in [4.78, 5) is 18.3. The molecule has 0 fully saturated rings. The molecule has 210 valence electrons. The third-order valence-corrected chi connectivity index (χ3v) is 7.95. The van der Waals surface area contributed by atoms with Crippen LogP contribution in [0.2, 0.25) is 15.1 Å². The van der Waals surface area contributed by atoms with Crippen molar-refractivity contribution in [3.05, 3.63) is 120 Å². The van der Waals surface area contributed by atoms with Crippen LogP contribution in [0.5, 0.6) is 11.5 Å². The Hall–Kier alpha value is -3.82. The van der Waals surface area contributed by atoms with E-state index in [1.807, 2.05) is 6.07 Å². The van der Waals surface area contributed by atoms with E-state index in [1.54, 1.807) is 72.8 Å². The summed E-state index contributed by atoms with van der Waals surface area (Å²) in [5.41, 5.74) is 2.18. The first-order valence-corrected chi connectivity index (χ1v) is 14.4. The van der Waals surface area contributed by atoms with Crippen molar-refractivity contribution in [2.75, 3.05) is 7.11 Å². The molecule has 4 aromatic carbocycles. The minimum Gasteiger partial charge on any atom is -0.493 e. The lowest BCUT2D eigenvalue weighted by molar-refractivity contribution is 0.284. The zero-order valence-corrected chi connectivity index (χ0v) is 25.6. The maximum atomic E-state index is 13.6. The van der Waals surface area contributed by atoms with Crippen LogP contribution in [0.25, 0.3) is 33.5 Å². The quantitative estimate of drug-likeness (QED) is 0.157. The highest BCUT2D eigenvalue weighted by molar-refractivity contribution is 9.10. The predicted octanol–water partition coefficient (Wildman–Crippen LogP) is 9.00. The Morgan fingerprint density at radius 1 is 0.976 bits per heavy atom. The molecule has 6 rings (SSSR count). The summed E-state index contributed by atoms with van der Waals surface area (Å²) in [5.74, 6) is 1.56. The molecule has 0 atom stereocenters. The number of halogens is 4. The van der Waals surface area contributed by atoms with E-state index in [2.05, 4.69) is 21.0 Å². The van der Waals surface area contributed by atoms with Crippen LogP contribution in [0, 0.1) is 0 Å². The first kappa shape index (κ1) is 28.3. The largest absolute Gasteiger partial charge is 0.493 e. The van der Waals surface area contributed by atoms with Gasteiger partial charge in [-0.3, -0.25) is 4.79 Å². The fraction of sp³-hybridized carbons (Fsp3) is 0.0645. The number of para-hydroxylation sites is 1. The summed E-state index contributed by atoms with van der Waals surface area (Å²) >= 11 is 22.0. The molecule has 2 heterocycles. The molecule has 42 heavy (non-hydrogen) atoms. The number of fused-ring (bicyclic) bond motifs is 2. The smallest absolute Gasteiger partial charge is 0.282 e. The average Bonchev–Trinajstić information content (AvgIpc) is 3.40. The topological polar surface area (TPSA) is 78.9 Å². The molecule has 7 nitrogen and oxygen atoms in total. The van der Waals surface area contributed by atoms with Crippen LogP contribution in [0.1, 0.15) is 11.1 Å². The highest BCUT2D eigenvalue weighted by Crippen LogP contribution is 2.35. The van der Waals surface area contributed by atoms with Gasteiger partial charge in [0.05, 0.1) is 24.2 Å². The van der Waals surface area contributed by atoms with E-state index in [-0.39, 0.29) is 18.0 Å². The second-order valence-corrected chi connectivity index (χ2v) is 11.3. The number of methoxy groups -OCH3 is 1. The van der Waals surface area contributed by atoms with Gasteiger partial charge in [-0.2, -0.15) is 9.78 Å². The molecule has 11 heteroatoms. The van der Waals surface area contributed by atoms with E-state index in [9.17, 15) is 4.79 Å². The Labute approximate surface area is 263 Å². The van der Waals surface area contributed by atoms with Crippen molar-refractivity contribution < 1.29 is 13.9 Å². The van der Waals surface area contributed by atoms with Crippen LogP contribution in [0.15, 0.2) is 97.6 Å². The Kier molecular flexibility index (Phi) is 7.96. The molecule has 0 aliphatic carbocycles. The van der Waals surface area contributed by atoms with E-state index in [4.69, 9.17) is 53.7 Å². The number of nitrogens with zero attached hydrogens (tertiary/aromatic N) is 3. The molecular weight excluding hydrogens is 665 g/mol. The van der Waals surface area contributed by atoms with Crippen molar-refractivity contribution >= 4 is 78.8 Å². The first-order valence-electron chi connectivity index (χ1n) is 12.5. The van der Waals surface area contributed by atoms with Crippen molar-refractivity contribution in [2.24, 2.45) is 5.10 Å². The van der Waals surface area contributed by atoms with E-state index in [0.29, 0.717) is 58.8 Å². The Balaban J connectivity index is 1.39. The molecular formula is C31H19BrCl3N3O4.